The lowest BCUT2D eigenvalue weighted by molar-refractivity contribution is -0.117. The van der Waals surface area contributed by atoms with E-state index in [-0.39, 0.29) is 5.91 Å². The van der Waals surface area contributed by atoms with Gasteiger partial charge < -0.3 is 4.90 Å². The summed E-state index contributed by atoms with van der Waals surface area (Å²) < 4.78 is 1.17. The lowest BCUT2D eigenvalue weighted by atomic mass is 10.2. The van der Waals surface area contributed by atoms with Crippen molar-refractivity contribution in [3.8, 4) is 0 Å². The Hall–Kier alpha value is -0.100. The smallest absolute Gasteiger partial charge is 0.227 e. The van der Waals surface area contributed by atoms with Crippen LogP contribution in [0.25, 0.3) is 0 Å². The van der Waals surface area contributed by atoms with Gasteiger partial charge in [-0.3, -0.25) is 4.79 Å². The number of carbonyl (C=O) groups excluding carboxylic acids is 1. The molecule has 1 aliphatic heterocycles. The van der Waals surface area contributed by atoms with E-state index in [1.54, 1.807) is 0 Å². The van der Waals surface area contributed by atoms with Crippen LogP contribution in [0.5, 0.6) is 0 Å². The van der Waals surface area contributed by atoms with Gasteiger partial charge in [-0.1, -0.05) is 22.0 Å². The standard InChI is InChI=1S/C11H11BrINO/c12-6-8-4-11(15)14(7-8)10-3-1-2-9(13)5-10/h1-3,5,8H,4,6-7H2. The van der Waals surface area contributed by atoms with E-state index in [0.717, 1.165) is 17.6 Å². The predicted molar refractivity (Wildman–Crippen MR) is 73.4 cm³/mol. The molecule has 0 saturated carbocycles. The van der Waals surface area contributed by atoms with Crippen molar-refractivity contribution in [3.63, 3.8) is 0 Å². The molecule has 0 radical (unpaired) electrons. The summed E-state index contributed by atoms with van der Waals surface area (Å²) in [7, 11) is 0. The van der Waals surface area contributed by atoms with Crippen molar-refractivity contribution >= 4 is 50.1 Å². The van der Waals surface area contributed by atoms with Gasteiger partial charge in [0.25, 0.3) is 0 Å². The second-order valence-corrected chi connectivity index (χ2v) is 5.60. The van der Waals surface area contributed by atoms with Crippen molar-refractivity contribution in [3.05, 3.63) is 27.8 Å². The first kappa shape index (κ1) is 11.4. The first-order chi connectivity index (χ1) is 7.20. The molecule has 0 spiro atoms. The average molecular weight is 380 g/mol. The Labute approximate surface area is 111 Å². The fourth-order valence-corrected chi connectivity index (χ4v) is 2.74. The zero-order chi connectivity index (χ0) is 10.8. The van der Waals surface area contributed by atoms with Gasteiger partial charge in [0, 0.05) is 27.6 Å². The van der Waals surface area contributed by atoms with Crippen LogP contribution < -0.4 is 4.90 Å². The summed E-state index contributed by atoms with van der Waals surface area (Å²) in [6, 6.07) is 8.07. The molecule has 1 aromatic rings. The summed E-state index contributed by atoms with van der Waals surface area (Å²) in [5.41, 5.74) is 1.02. The van der Waals surface area contributed by atoms with Gasteiger partial charge in [-0.05, 0) is 46.7 Å². The fraction of sp³-hybridized carbons (Fsp3) is 0.364. The minimum absolute atomic E-state index is 0.237. The minimum atomic E-state index is 0.237. The minimum Gasteiger partial charge on any atom is -0.312 e. The van der Waals surface area contributed by atoms with Crippen molar-refractivity contribution in [1.29, 1.82) is 0 Å². The van der Waals surface area contributed by atoms with E-state index < -0.39 is 0 Å². The van der Waals surface area contributed by atoms with E-state index in [1.807, 2.05) is 23.1 Å². The van der Waals surface area contributed by atoms with Crippen LogP contribution in [0.4, 0.5) is 5.69 Å². The molecule has 15 heavy (non-hydrogen) atoms. The van der Waals surface area contributed by atoms with E-state index >= 15 is 0 Å². The van der Waals surface area contributed by atoms with Gasteiger partial charge in [0.15, 0.2) is 0 Å². The first-order valence-corrected chi connectivity index (χ1v) is 7.02. The SMILES string of the molecule is O=C1CC(CBr)CN1c1cccc(I)c1. The number of nitrogens with zero attached hydrogens (tertiary/aromatic N) is 1. The van der Waals surface area contributed by atoms with Gasteiger partial charge in [-0.25, -0.2) is 0 Å². The molecule has 1 unspecified atom stereocenters. The number of hydrogen-bond acceptors (Lipinski definition) is 1. The molecule has 80 valence electrons. The van der Waals surface area contributed by atoms with Crippen molar-refractivity contribution in [2.45, 2.75) is 6.42 Å². The Morgan fingerprint density at radius 2 is 2.33 bits per heavy atom. The van der Waals surface area contributed by atoms with Gasteiger partial charge in [0.1, 0.15) is 0 Å². The third-order valence-corrected chi connectivity index (χ3v) is 4.13. The predicted octanol–water partition coefficient (Wildman–Crippen LogP) is 3.04. The van der Waals surface area contributed by atoms with E-state index in [9.17, 15) is 4.79 Å². The van der Waals surface area contributed by atoms with Gasteiger partial charge >= 0.3 is 0 Å². The maximum atomic E-state index is 11.8. The topological polar surface area (TPSA) is 20.3 Å². The molecule has 1 amide bonds. The fourth-order valence-electron chi connectivity index (χ4n) is 1.78. The van der Waals surface area contributed by atoms with Crippen molar-refractivity contribution in [2.24, 2.45) is 5.92 Å². The van der Waals surface area contributed by atoms with Crippen molar-refractivity contribution in [1.82, 2.24) is 0 Å². The highest BCUT2D eigenvalue weighted by atomic mass is 127. The third kappa shape index (κ3) is 2.53. The summed E-state index contributed by atoms with van der Waals surface area (Å²) in [6.07, 6.45) is 0.663. The van der Waals surface area contributed by atoms with Crippen LogP contribution >= 0.6 is 38.5 Å². The largest absolute Gasteiger partial charge is 0.312 e. The lowest BCUT2D eigenvalue weighted by Crippen LogP contribution is -2.24. The highest BCUT2D eigenvalue weighted by molar-refractivity contribution is 14.1. The molecule has 0 N–H and O–H groups in total. The zero-order valence-corrected chi connectivity index (χ0v) is 11.9. The first-order valence-electron chi connectivity index (χ1n) is 4.82. The quantitative estimate of drug-likeness (QED) is 0.571. The zero-order valence-electron chi connectivity index (χ0n) is 8.12. The van der Waals surface area contributed by atoms with Crippen LogP contribution in [-0.4, -0.2) is 17.8 Å². The van der Waals surface area contributed by atoms with Crippen LogP contribution in [-0.2, 0) is 4.79 Å². The van der Waals surface area contributed by atoms with Crippen molar-refractivity contribution in [2.75, 3.05) is 16.8 Å². The van der Waals surface area contributed by atoms with E-state index in [1.165, 1.54) is 3.57 Å². The summed E-state index contributed by atoms with van der Waals surface area (Å²) >= 11 is 5.70. The summed E-state index contributed by atoms with van der Waals surface area (Å²) in [6.45, 7) is 0.837. The number of anilines is 1. The monoisotopic (exact) mass is 379 g/mol. The van der Waals surface area contributed by atoms with Gasteiger partial charge in [-0.15, -0.1) is 0 Å². The molecule has 1 saturated heterocycles. The maximum Gasteiger partial charge on any atom is 0.227 e. The van der Waals surface area contributed by atoms with E-state index in [2.05, 4.69) is 44.6 Å². The number of halogens is 2. The Morgan fingerprint density at radius 3 is 2.93 bits per heavy atom. The van der Waals surface area contributed by atoms with Crippen LogP contribution in [0, 0.1) is 9.49 Å². The molecule has 1 atom stereocenters. The molecule has 0 aromatic heterocycles. The van der Waals surface area contributed by atoms with Crippen LogP contribution in [0.15, 0.2) is 24.3 Å². The highest BCUT2D eigenvalue weighted by Gasteiger charge is 2.29. The molecular weight excluding hydrogens is 369 g/mol. The molecule has 1 heterocycles. The molecule has 0 aliphatic carbocycles. The Kier molecular flexibility index (Phi) is 3.66. The van der Waals surface area contributed by atoms with Gasteiger partial charge in [-0.2, -0.15) is 0 Å². The summed E-state index contributed by atoms with van der Waals surface area (Å²) in [4.78, 5) is 13.6. The molecule has 1 fully saturated rings. The number of alkyl halides is 1. The number of benzene rings is 1. The molecule has 2 rings (SSSR count). The summed E-state index contributed by atoms with van der Waals surface area (Å²) in [5, 5.41) is 0.902. The summed E-state index contributed by atoms with van der Waals surface area (Å²) in [5.74, 6) is 0.691. The number of rotatable bonds is 2. The Bertz CT molecular complexity index is 383. The average Bonchev–Trinajstić information content (AvgIpc) is 2.60. The molecule has 4 heteroatoms. The van der Waals surface area contributed by atoms with E-state index in [0.29, 0.717) is 12.3 Å². The normalized spacial score (nSPS) is 21.1. The molecule has 1 aliphatic rings. The molecular formula is C11H11BrINO. The molecule has 2 nitrogen and oxygen atoms in total. The number of hydrogen-bond donors (Lipinski definition) is 0. The number of amides is 1. The second kappa shape index (κ2) is 4.82. The Morgan fingerprint density at radius 1 is 1.53 bits per heavy atom. The van der Waals surface area contributed by atoms with Crippen molar-refractivity contribution < 1.29 is 4.79 Å². The third-order valence-electron chi connectivity index (χ3n) is 2.54. The second-order valence-electron chi connectivity index (χ2n) is 3.71. The van der Waals surface area contributed by atoms with Crippen LogP contribution in [0.1, 0.15) is 6.42 Å². The van der Waals surface area contributed by atoms with E-state index in [4.69, 9.17) is 0 Å². The molecule has 1 aromatic carbocycles. The van der Waals surface area contributed by atoms with Crippen LogP contribution in [0.3, 0.4) is 0 Å². The number of carbonyl (C=O) groups is 1. The van der Waals surface area contributed by atoms with Gasteiger partial charge in [0.05, 0.1) is 0 Å². The molecule has 0 bridgehead atoms. The van der Waals surface area contributed by atoms with Gasteiger partial charge in [0.2, 0.25) is 5.91 Å². The maximum absolute atomic E-state index is 11.8. The van der Waals surface area contributed by atoms with Crippen LogP contribution in [0.2, 0.25) is 0 Å². The Balaban J connectivity index is 2.21. The lowest BCUT2D eigenvalue weighted by Gasteiger charge is -2.16. The highest BCUT2D eigenvalue weighted by Crippen LogP contribution is 2.26.